The van der Waals surface area contributed by atoms with Gasteiger partial charge >= 0.3 is 0 Å². The van der Waals surface area contributed by atoms with Crippen molar-refractivity contribution < 1.29 is 0 Å². The molecule has 0 bridgehead atoms. The number of H-pyrrole nitrogens is 2. The van der Waals surface area contributed by atoms with E-state index in [1.807, 2.05) is 6.20 Å². The fourth-order valence-electron chi connectivity index (χ4n) is 5.94. The zero-order valence-corrected chi connectivity index (χ0v) is 17.8. The van der Waals surface area contributed by atoms with Crippen LogP contribution in [0.15, 0.2) is 48.7 Å². The largest absolute Gasteiger partial charge is 0.341 e. The van der Waals surface area contributed by atoms with Crippen molar-refractivity contribution in [1.82, 2.24) is 30.6 Å². The molecule has 2 aromatic carbocycles. The number of nitrogens with one attached hydrogen (secondary N) is 4. The van der Waals surface area contributed by atoms with Crippen LogP contribution in [0.1, 0.15) is 49.4 Å². The highest BCUT2D eigenvalue weighted by atomic mass is 15.1. The summed E-state index contributed by atoms with van der Waals surface area (Å²) in [6.07, 6.45) is 7.08. The van der Waals surface area contributed by atoms with E-state index in [0.29, 0.717) is 12.1 Å². The summed E-state index contributed by atoms with van der Waals surface area (Å²) in [5.41, 5.74) is 6.84. The first kappa shape index (κ1) is 17.6. The van der Waals surface area contributed by atoms with E-state index in [0.717, 1.165) is 52.3 Å². The zero-order valence-electron chi connectivity index (χ0n) is 17.8. The van der Waals surface area contributed by atoms with Crippen molar-refractivity contribution in [2.24, 2.45) is 11.8 Å². The van der Waals surface area contributed by atoms with Crippen LogP contribution in [0.5, 0.6) is 0 Å². The molecule has 4 aliphatic rings. The summed E-state index contributed by atoms with van der Waals surface area (Å²) in [4.78, 5) is 16.6. The van der Waals surface area contributed by atoms with Crippen molar-refractivity contribution in [2.75, 3.05) is 0 Å². The number of aromatic nitrogens is 4. The van der Waals surface area contributed by atoms with Crippen LogP contribution in [0.3, 0.4) is 0 Å². The zero-order chi connectivity index (χ0) is 20.8. The topological polar surface area (TPSA) is 81.4 Å². The lowest BCUT2D eigenvalue weighted by atomic mass is 10.0. The standard InChI is InChI=1S/C26H26N6/c1-3-14(24-12-27-25(32-24)22-10-16-8-19(16)28-22)4-2-13(1)15-5-6-18-21(7-15)31-26(30-18)23-11-17-9-20(17)29-23/h1-7,12,16-17,19-20,22-23,28-29H,8-11H2,(H,27,32)(H,30,31)/t16-,17-,19-,20-,22+,23+/m1/s1. The summed E-state index contributed by atoms with van der Waals surface area (Å²) in [5.74, 6) is 3.90. The van der Waals surface area contributed by atoms with Gasteiger partial charge in [-0.05, 0) is 66.3 Å². The van der Waals surface area contributed by atoms with Crippen LogP contribution in [0.25, 0.3) is 33.4 Å². The summed E-state index contributed by atoms with van der Waals surface area (Å²) in [7, 11) is 0. The average molecular weight is 423 g/mol. The Morgan fingerprint density at radius 1 is 0.688 bits per heavy atom. The lowest BCUT2D eigenvalue weighted by Crippen LogP contribution is -2.18. The number of aromatic amines is 2. The van der Waals surface area contributed by atoms with E-state index in [4.69, 9.17) is 4.98 Å². The number of hydrogen-bond donors (Lipinski definition) is 4. The third-order valence-electron chi connectivity index (χ3n) is 8.04. The molecule has 2 saturated heterocycles. The third kappa shape index (κ3) is 2.79. The Hall–Kier alpha value is -2.96. The molecule has 2 saturated carbocycles. The third-order valence-corrected chi connectivity index (χ3v) is 8.04. The first-order valence-electron chi connectivity index (χ1n) is 11.9. The summed E-state index contributed by atoms with van der Waals surface area (Å²) < 4.78 is 0. The second kappa shape index (κ2) is 6.30. The fourth-order valence-corrected chi connectivity index (χ4v) is 5.94. The van der Waals surface area contributed by atoms with E-state index < -0.39 is 0 Å². The molecule has 2 aliphatic heterocycles. The molecule has 0 unspecified atom stereocenters. The smallest absolute Gasteiger partial charge is 0.124 e. The second-order valence-electron chi connectivity index (χ2n) is 10.2. The van der Waals surface area contributed by atoms with Crippen LogP contribution in [0.4, 0.5) is 0 Å². The van der Waals surface area contributed by atoms with Gasteiger partial charge in [0.1, 0.15) is 11.6 Å². The highest BCUT2D eigenvalue weighted by Gasteiger charge is 2.47. The molecule has 8 rings (SSSR count). The summed E-state index contributed by atoms with van der Waals surface area (Å²) >= 11 is 0. The van der Waals surface area contributed by atoms with Gasteiger partial charge in [-0.25, -0.2) is 9.97 Å². The molecule has 2 aromatic heterocycles. The van der Waals surface area contributed by atoms with Gasteiger partial charge in [0.25, 0.3) is 0 Å². The van der Waals surface area contributed by atoms with Crippen molar-refractivity contribution >= 4 is 11.0 Å². The van der Waals surface area contributed by atoms with Crippen molar-refractivity contribution in [1.29, 1.82) is 0 Å². The van der Waals surface area contributed by atoms with E-state index in [1.54, 1.807) is 0 Å². The molecule has 32 heavy (non-hydrogen) atoms. The Morgan fingerprint density at radius 2 is 1.38 bits per heavy atom. The van der Waals surface area contributed by atoms with Crippen LogP contribution in [0, 0.1) is 11.8 Å². The highest BCUT2D eigenvalue weighted by Crippen LogP contribution is 2.46. The van der Waals surface area contributed by atoms with Crippen molar-refractivity contribution in [3.05, 3.63) is 60.3 Å². The number of imidazole rings is 2. The molecule has 2 aliphatic carbocycles. The molecule has 6 heteroatoms. The minimum atomic E-state index is 0.387. The lowest BCUT2D eigenvalue weighted by Gasteiger charge is -2.09. The van der Waals surface area contributed by atoms with Crippen molar-refractivity contribution in [2.45, 2.75) is 49.9 Å². The van der Waals surface area contributed by atoms with Gasteiger partial charge in [-0.2, -0.15) is 0 Å². The van der Waals surface area contributed by atoms with Crippen LogP contribution in [-0.4, -0.2) is 32.0 Å². The van der Waals surface area contributed by atoms with Crippen LogP contribution in [0.2, 0.25) is 0 Å². The lowest BCUT2D eigenvalue weighted by molar-refractivity contribution is 0.543. The molecule has 160 valence electrons. The van der Waals surface area contributed by atoms with E-state index in [9.17, 15) is 0 Å². The second-order valence-corrected chi connectivity index (χ2v) is 10.2. The Morgan fingerprint density at radius 3 is 2.09 bits per heavy atom. The molecule has 6 atom stereocenters. The van der Waals surface area contributed by atoms with E-state index in [-0.39, 0.29) is 0 Å². The fraction of sp³-hybridized carbons (Fsp3) is 0.385. The Labute approximate surface area is 186 Å². The predicted octanol–water partition coefficient (Wildman–Crippen LogP) is 4.47. The molecule has 0 amide bonds. The molecule has 4 aromatic rings. The summed E-state index contributed by atoms with van der Waals surface area (Å²) in [6, 6.07) is 17.5. The summed E-state index contributed by atoms with van der Waals surface area (Å²) in [5, 5.41) is 7.36. The van der Waals surface area contributed by atoms with E-state index >= 15 is 0 Å². The van der Waals surface area contributed by atoms with Gasteiger partial charge in [-0.3, -0.25) is 0 Å². The molecule has 0 spiro atoms. The first-order valence-corrected chi connectivity index (χ1v) is 11.9. The molecule has 4 fully saturated rings. The molecule has 0 radical (unpaired) electrons. The maximum absolute atomic E-state index is 4.85. The van der Waals surface area contributed by atoms with Gasteiger partial charge < -0.3 is 20.6 Å². The number of rotatable bonds is 4. The average Bonchev–Trinajstić information content (AvgIpc) is 3.41. The maximum atomic E-state index is 4.85. The molecule has 6 nitrogen and oxygen atoms in total. The van der Waals surface area contributed by atoms with Gasteiger partial charge in [-0.1, -0.05) is 30.3 Å². The maximum Gasteiger partial charge on any atom is 0.124 e. The molecular formula is C26H26N6. The normalized spacial score (nSPS) is 32.2. The minimum absolute atomic E-state index is 0.387. The van der Waals surface area contributed by atoms with E-state index in [1.165, 1.54) is 42.4 Å². The Bertz CT molecular complexity index is 1310. The van der Waals surface area contributed by atoms with Crippen LogP contribution >= 0.6 is 0 Å². The Kier molecular flexibility index (Phi) is 3.46. The molecule has 4 heterocycles. The van der Waals surface area contributed by atoms with Gasteiger partial charge in [0.05, 0.1) is 35.0 Å². The number of nitrogens with zero attached hydrogens (tertiary/aromatic N) is 2. The van der Waals surface area contributed by atoms with Gasteiger partial charge in [0.2, 0.25) is 0 Å². The van der Waals surface area contributed by atoms with Gasteiger partial charge in [0.15, 0.2) is 0 Å². The monoisotopic (exact) mass is 422 g/mol. The number of fused-ring (bicyclic) bond motifs is 3. The van der Waals surface area contributed by atoms with Crippen molar-refractivity contribution in [3.63, 3.8) is 0 Å². The first-order chi connectivity index (χ1) is 15.8. The van der Waals surface area contributed by atoms with Crippen LogP contribution in [-0.2, 0) is 0 Å². The number of benzene rings is 2. The molecule has 4 N–H and O–H groups in total. The van der Waals surface area contributed by atoms with Crippen LogP contribution < -0.4 is 10.6 Å². The van der Waals surface area contributed by atoms with Gasteiger partial charge in [0, 0.05) is 12.1 Å². The predicted molar refractivity (Wildman–Crippen MR) is 124 cm³/mol. The SMILES string of the molecule is c1cc(-c2cnc([C@@H]3C[C@H]4C[C@H]4N3)[nH]2)ccc1-c1ccc2nc([C@@H]3C[C@H]4C[C@H]4N3)[nH]c2c1. The summed E-state index contributed by atoms with van der Waals surface area (Å²) in [6.45, 7) is 0. The number of hydrogen-bond acceptors (Lipinski definition) is 4. The Balaban J connectivity index is 1.04. The molecular weight excluding hydrogens is 396 g/mol. The van der Waals surface area contributed by atoms with Crippen molar-refractivity contribution in [3.8, 4) is 22.4 Å². The quantitative estimate of drug-likeness (QED) is 0.391. The number of piperidine rings is 2. The highest BCUT2D eigenvalue weighted by molar-refractivity contribution is 5.82. The van der Waals surface area contributed by atoms with Gasteiger partial charge in [-0.15, -0.1) is 0 Å². The minimum Gasteiger partial charge on any atom is -0.341 e. The van der Waals surface area contributed by atoms with E-state index in [2.05, 4.69) is 68.1 Å².